The maximum atomic E-state index is 12.6. The molecular weight excluding hydrogens is 290 g/mol. The van der Waals surface area contributed by atoms with Gasteiger partial charge in [0.15, 0.2) is 0 Å². The molecule has 0 radical (unpaired) electrons. The number of carbonyl (C=O) groups is 1. The molecule has 1 aliphatic rings. The van der Waals surface area contributed by atoms with E-state index in [1.807, 2.05) is 48.2 Å². The molecule has 0 saturated carbocycles. The summed E-state index contributed by atoms with van der Waals surface area (Å²) in [5.74, 6) is 0.0641. The molecule has 2 heterocycles. The highest BCUT2D eigenvalue weighted by Crippen LogP contribution is 2.19. The predicted molar refractivity (Wildman–Crippen MR) is 89.5 cm³/mol. The average molecular weight is 311 g/mol. The summed E-state index contributed by atoms with van der Waals surface area (Å²) in [6.07, 6.45) is 1.78. The first kappa shape index (κ1) is 15.5. The van der Waals surface area contributed by atoms with E-state index in [4.69, 9.17) is 4.74 Å². The predicted octanol–water partition coefficient (Wildman–Crippen LogP) is 2.47. The van der Waals surface area contributed by atoms with E-state index in [1.165, 1.54) is 0 Å². The van der Waals surface area contributed by atoms with E-state index in [1.54, 1.807) is 6.20 Å². The van der Waals surface area contributed by atoms with Gasteiger partial charge in [0, 0.05) is 30.5 Å². The van der Waals surface area contributed by atoms with Crippen molar-refractivity contribution in [2.75, 3.05) is 31.6 Å². The minimum absolute atomic E-state index is 0.0641. The van der Waals surface area contributed by atoms with Gasteiger partial charge in [-0.1, -0.05) is 12.1 Å². The Hall–Kier alpha value is -2.40. The zero-order valence-corrected chi connectivity index (χ0v) is 13.3. The number of aryl methyl sites for hydroxylation is 1. The highest BCUT2D eigenvalue weighted by Gasteiger charge is 2.19. The van der Waals surface area contributed by atoms with Crippen LogP contribution >= 0.6 is 0 Å². The van der Waals surface area contributed by atoms with E-state index in [9.17, 15) is 4.79 Å². The summed E-state index contributed by atoms with van der Waals surface area (Å²) in [7, 11) is 0. The van der Waals surface area contributed by atoms with Crippen molar-refractivity contribution < 1.29 is 9.53 Å². The molecule has 23 heavy (non-hydrogen) atoms. The SMILES string of the molecule is Cc1ccc(C(=O)N2CCOCC2)cc1NCc1ccccn1. The van der Waals surface area contributed by atoms with E-state index in [0.717, 1.165) is 16.9 Å². The maximum Gasteiger partial charge on any atom is 0.254 e. The Bertz CT molecular complexity index is 667. The number of anilines is 1. The van der Waals surface area contributed by atoms with Crippen molar-refractivity contribution in [1.82, 2.24) is 9.88 Å². The number of carbonyl (C=O) groups excluding carboxylic acids is 1. The van der Waals surface area contributed by atoms with E-state index < -0.39 is 0 Å². The molecule has 3 rings (SSSR count). The fourth-order valence-electron chi connectivity index (χ4n) is 2.58. The summed E-state index contributed by atoms with van der Waals surface area (Å²) in [4.78, 5) is 18.7. The van der Waals surface area contributed by atoms with E-state index in [0.29, 0.717) is 38.4 Å². The van der Waals surface area contributed by atoms with Crippen LogP contribution in [-0.2, 0) is 11.3 Å². The zero-order valence-electron chi connectivity index (χ0n) is 13.3. The Kier molecular flexibility index (Phi) is 4.88. The number of hydrogen-bond acceptors (Lipinski definition) is 4. The van der Waals surface area contributed by atoms with Crippen molar-refractivity contribution in [2.45, 2.75) is 13.5 Å². The molecule has 0 bridgehead atoms. The van der Waals surface area contributed by atoms with Crippen LogP contribution in [0.25, 0.3) is 0 Å². The molecule has 5 nitrogen and oxygen atoms in total. The molecule has 0 spiro atoms. The van der Waals surface area contributed by atoms with E-state index in [2.05, 4.69) is 10.3 Å². The number of nitrogens with zero attached hydrogens (tertiary/aromatic N) is 2. The van der Waals surface area contributed by atoms with Crippen molar-refractivity contribution in [3.05, 3.63) is 59.4 Å². The number of aromatic nitrogens is 1. The second kappa shape index (κ2) is 7.24. The molecule has 0 unspecified atom stereocenters. The summed E-state index contributed by atoms with van der Waals surface area (Å²) in [6.45, 7) is 5.21. The van der Waals surface area contributed by atoms with Crippen LogP contribution in [-0.4, -0.2) is 42.1 Å². The van der Waals surface area contributed by atoms with Gasteiger partial charge in [0.2, 0.25) is 0 Å². The average Bonchev–Trinajstić information content (AvgIpc) is 2.62. The molecule has 1 amide bonds. The third-order valence-corrected chi connectivity index (χ3v) is 3.97. The molecule has 1 aromatic heterocycles. The molecule has 120 valence electrons. The number of pyridine rings is 1. The largest absolute Gasteiger partial charge is 0.379 e. The summed E-state index contributed by atoms with van der Waals surface area (Å²) in [5, 5.41) is 3.37. The Balaban J connectivity index is 1.72. The van der Waals surface area contributed by atoms with Crippen molar-refractivity contribution >= 4 is 11.6 Å². The third-order valence-electron chi connectivity index (χ3n) is 3.97. The Labute approximate surface area is 136 Å². The lowest BCUT2D eigenvalue weighted by molar-refractivity contribution is 0.0303. The lowest BCUT2D eigenvalue weighted by atomic mass is 10.1. The molecule has 1 N–H and O–H groups in total. The topological polar surface area (TPSA) is 54.5 Å². The van der Waals surface area contributed by atoms with Gasteiger partial charge in [-0.15, -0.1) is 0 Å². The van der Waals surface area contributed by atoms with E-state index >= 15 is 0 Å². The van der Waals surface area contributed by atoms with Crippen LogP contribution in [0.1, 0.15) is 21.6 Å². The van der Waals surface area contributed by atoms with Gasteiger partial charge in [-0.25, -0.2) is 0 Å². The molecular formula is C18H21N3O2. The number of benzene rings is 1. The lowest BCUT2D eigenvalue weighted by Crippen LogP contribution is -2.40. The first-order valence-electron chi connectivity index (χ1n) is 7.85. The van der Waals surface area contributed by atoms with Crippen LogP contribution in [0.15, 0.2) is 42.6 Å². The smallest absolute Gasteiger partial charge is 0.254 e. The van der Waals surface area contributed by atoms with Gasteiger partial charge in [-0.3, -0.25) is 9.78 Å². The molecule has 1 aliphatic heterocycles. The summed E-state index contributed by atoms with van der Waals surface area (Å²) in [5.41, 5.74) is 3.76. The highest BCUT2D eigenvalue weighted by atomic mass is 16.5. The molecule has 1 aromatic carbocycles. The van der Waals surface area contributed by atoms with Gasteiger partial charge in [0.25, 0.3) is 5.91 Å². The van der Waals surface area contributed by atoms with Crippen molar-refractivity contribution in [3.8, 4) is 0 Å². The van der Waals surface area contributed by atoms with Crippen molar-refractivity contribution in [3.63, 3.8) is 0 Å². The summed E-state index contributed by atoms with van der Waals surface area (Å²) < 4.78 is 5.30. The molecule has 0 aliphatic carbocycles. The zero-order chi connectivity index (χ0) is 16.1. The highest BCUT2D eigenvalue weighted by molar-refractivity contribution is 5.95. The molecule has 0 atom stereocenters. The number of morpholine rings is 1. The normalized spacial score (nSPS) is 14.6. The third kappa shape index (κ3) is 3.87. The number of rotatable bonds is 4. The Morgan fingerprint density at radius 3 is 2.83 bits per heavy atom. The number of amides is 1. The van der Waals surface area contributed by atoms with Crippen LogP contribution < -0.4 is 5.32 Å². The molecule has 2 aromatic rings. The second-order valence-electron chi connectivity index (χ2n) is 5.61. The van der Waals surface area contributed by atoms with Crippen LogP contribution in [0.4, 0.5) is 5.69 Å². The van der Waals surface area contributed by atoms with E-state index in [-0.39, 0.29) is 5.91 Å². The van der Waals surface area contributed by atoms with Crippen molar-refractivity contribution in [2.24, 2.45) is 0 Å². The molecule has 1 fully saturated rings. The van der Waals surface area contributed by atoms with Crippen LogP contribution in [0.2, 0.25) is 0 Å². The van der Waals surface area contributed by atoms with Crippen LogP contribution in [0.5, 0.6) is 0 Å². The van der Waals surface area contributed by atoms with Gasteiger partial charge in [-0.2, -0.15) is 0 Å². The second-order valence-corrected chi connectivity index (χ2v) is 5.61. The maximum absolute atomic E-state index is 12.6. The summed E-state index contributed by atoms with van der Waals surface area (Å²) >= 11 is 0. The van der Waals surface area contributed by atoms with Gasteiger partial charge in [-0.05, 0) is 36.8 Å². The molecule has 1 saturated heterocycles. The van der Waals surface area contributed by atoms with Gasteiger partial charge >= 0.3 is 0 Å². The number of ether oxygens (including phenoxy) is 1. The fraction of sp³-hybridized carbons (Fsp3) is 0.333. The van der Waals surface area contributed by atoms with Gasteiger partial charge < -0.3 is 15.0 Å². The fourth-order valence-corrected chi connectivity index (χ4v) is 2.58. The van der Waals surface area contributed by atoms with Gasteiger partial charge in [0.1, 0.15) is 0 Å². The van der Waals surface area contributed by atoms with Crippen LogP contribution in [0, 0.1) is 6.92 Å². The minimum atomic E-state index is 0.0641. The monoisotopic (exact) mass is 311 g/mol. The first-order chi connectivity index (χ1) is 11.2. The Morgan fingerprint density at radius 1 is 1.26 bits per heavy atom. The minimum Gasteiger partial charge on any atom is -0.379 e. The number of nitrogens with one attached hydrogen (secondary N) is 1. The Morgan fingerprint density at radius 2 is 2.09 bits per heavy atom. The van der Waals surface area contributed by atoms with Gasteiger partial charge in [0.05, 0.1) is 25.5 Å². The molecule has 5 heteroatoms. The number of hydrogen-bond donors (Lipinski definition) is 1. The standard InChI is InChI=1S/C18H21N3O2/c1-14-5-6-15(18(22)21-8-10-23-11-9-21)12-17(14)20-13-16-4-2-3-7-19-16/h2-7,12,20H,8-11,13H2,1H3. The van der Waals surface area contributed by atoms with Crippen LogP contribution in [0.3, 0.4) is 0 Å². The summed E-state index contributed by atoms with van der Waals surface area (Å²) in [6, 6.07) is 11.6. The lowest BCUT2D eigenvalue weighted by Gasteiger charge is -2.27. The quantitative estimate of drug-likeness (QED) is 0.942. The first-order valence-corrected chi connectivity index (χ1v) is 7.85. The van der Waals surface area contributed by atoms with Crippen molar-refractivity contribution in [1.29, 1.82) is 0 Å².